The van der Waals surface area contributed by atoms with Crippen molar-refractivity contribution in [3.63, 3.8) is 0 Å². The van der Waals surface area contributed by atoms with Gasteiger partial charge in [0.15, 0.2) is 0 Å². The molecule has 0 aliphatic carbocycles. The van der Waals surface area contributed by atoms with Crippen molar-refractivity contribution in [2.24, 2.45) is 0 Å². The zero-order chi connectivity index (χ0) is 55.6. The molecule has 0 aliphatic heterocycles. The Bertz CT molecular complexity index is 4610. The number of para-hydroxylation sites is 2. The van der Waals surface area contributed by atoms with Crippen molar-refractivity contribution in [3.05, 3.63) is 236 Å². The van der Waals surface area contributed by atoms with E-state index in [1.807, 2.05) is 91.1 Å². The van der Waals surface area contributed by atoms with Crippen LogP contribution in [0.25, 0.3) is 105 Å². The van der Waals surface area contributed by atoms with Gasteiger partial charge in [-0.2, -0.15) is 18.2 Å². The Kier molecular flexibility index (Phi) is 8.43. The van der Waals surface area contributed by atoms with Crippen LogP contribution in [0.3, 0.4) is 0 Å². The number of imidazole rings is 1. The second kappa shape index (κ2) is 17.6. The Morgan fingerprint density at radius 2 is 1.28 bits per heavy atom. The molecule has 0 amide bonds. The third kappa shape index (κ3) is 7.72. The number of benzene rings is 9. The molecule has 4 heterocycles. The number of pyridine rings is 1. The van der Waals surface area contributed by atoms with E-state index < -0.39 is 60.4 Å². The fraction of sp³-hybridized carbons (Fsp3) is 0.0625. The number of aromatic nitrogens is 4. The van der Waals surface area contributed by atoms with E-state index in [1.54, 1.807) is 33.4 Å². The van der Waals surface area contributed by atoms with Crippen LogP contribution in [0.2, 0.25) is 0 Å². The van der Waals surface area contributed by atoms with E-state index >= 15 is 0 Å². The van der Waals surface area contributed by atoms with E-state index in [9.17, 15) is 5.48 Å². The number of ether oxygens (including phenoxy) is 1. The number of hydrogen-bond donors (Lipinski definition) is 0. The standard InChI is InChI=1S/C64H44N4O2.Pt/c1-64(2,3)46-33-34-65-62(36-46)68-56-35-45(42-17-7-4-8-18-42)29-31-52(56)53-32-30-49(38-57(53)68)69-48-24-15-23-47(37-48)66-41-67(58-39-55-54-25-13-14-28-60(54)70-61(55)40-59(58)66)63-50(43-19-9-5-10-20-43)26-16-27-51(63)44-21-11-6-12-22-44;/h4-36,39-40H,1-3H3;/q-2;/i5D,6D,9D,10D,11D,12D,19D,20D,21D,22D;. The predicted molar refractivity (Wildman–Crippen MR) is 282 cm³/mol. The summed E-state index contributed by atoms with van der Waals surface area (Å²) in [4.78, 5) is 4.92. The first-order valence-electron chi connectivity index (χ1n) is 27.8. The molecule has 0 bridgehead atoms. The summed E-state index contributed by atoms with van der Waals surface area (Å²) < 4.78 is 107. The molecular formula is C64H44N4O2Pt-2. The van der Waals surface area contributed by atoms with Gasteiger partial charge in [0.1, 0.15) is 17.0 Å². The van der Waals surface area contributed by atoms with Gasteiger partial charge in [0, 0.05) is 55.1 Å². The summed E-state index contributed by atoms with van der Waals surface area (Å²) in [7, 11) is 0. The van der Waals surface area contributed by atoms with Gasteiger partial charge in [-0.3, -0.25) is 4.57 Å². The largest absolute Gasteiger partial charge is 0.510 e. The summed E-state index contributed by atoms with van der Waals surface area (Å²) in [6.07, 6.45) is 5.32. The van der Waals surface area contributed by atoms with E-state index in [4.69, 9.17) is 22.4 Å². The van der Waals surface area contributed by atoms with Crippen LogP contribution in [0.5, 0.6) is 11.5 Å². The molecule has 4 aromatic heterocycles. The number of furan rings is 1. The molecule has 13 aromatic rings. The van der Waals surface area contributed by atoms with Gasteiger partial charge in [0.05, 0.1) is 30.4 Å². The topological polar surface area (TPSA) is 49.0 Å². The van der Waals surface area contributed by atoms with Gasteiger partial charge >= 0.3 is 0 Å². The van der Waals surface area contributed by atoms with Crippen LogP contribution in [0.1, 0.15) is 40.0 Å². The number of fused-ring (bicyclic) bond motifs is 7. The van der Waals surface area contributed by atoms with E-state index in [0.717, 1.165) is 55.1 Å². The Hall–Kier alpha value is -8.31. The monoisotopic (exact) mass is 1110 g/mol. The number of rotatable bonds is 8. The average Bonchev–Trinajstić information content (AvgIpc) is 4.30. The normalized spacial score (nSPS) is 13.7. The fourth-order valence-electron chi connectivity index (χ4n) is 9.41. The third-order valence-electron chi connectivity index (χ3n) is 12.8. The van der Waals surface area contributed by atoms with Crippen LogP contribution < -0.4 is 9.30 Å². The van der Waals surface area contributed by atoms with E-state index in [-0.39, 0.29) is 54.4 Å². The molecule has 6 nitrogen and oxygen atoms in total. The summed E-state index contributed by atoms with van der Waals surface area (Å²) >= 11 is 0. The van der Waals surface area contributed by atoms with Gasteiger partial charge in [0.2, 0.25) is 0 Å². The molecule has 0 spiro atoms. The molecule has 71 heavy (non-hydrogen) atoms. The van der Waals surface area contributed by atoms with Gasteiger partial charge in [-0.15, -0.1) is 29.7 Å². The first-order chi connectivity index (χ1) is 38.5. The summed E-state index contributed by atoms with van der Waals surface area (Å²) in [5.74, 6) is 1.46. The molecular weight excluding hydrogens is 1050 g/mol. The van der Waals surface area contributed by atoms with Crippen molar-refractivity contribution in [2.75, 3.05) is 0 Å². The molecule has 344 valence electrons. The maximum atomic E-state index is 9.19. The average molecular weight is 1110 g/mol. The summed E-state index contributed by atoms with van der Waals surface area (Å²) in [5, 5.41) is 3.49. The van der Waals surface area contributed by atoms with Gasteiger partial charge < -0.3 is 18.3 Å². The molecule has 9 aromatic carbocycles. The first-order valence-corrected chi connectivity index (χ1v) is 22.8. The van der Waals surface area contributed by atoms with Crippen molar-refractivity contribution in [1.82, 2.24) is 14.1 Å². The summed E-state index contributed by atoms with van der Waals surface area (Å²) in [6.45, 7) is 6.52. The zero-order valence-corrected chi connectivity index (χ0v) is 40.6. The smallest absolute Gasteiger partial charge is 0.268 e. The van der Waals surface area contributed by atoms with E-state index in [2.05, 4.69) is 80.2 Å². The SMILES string of the molecule is [2H]c1c([2H])c([2H])c(-c2cccc(-c3c([2H])c([2H])c([2H])c([2H])c3[2H])c2-[n+]2[c-]n(-c3[c-]c(Oc4[c-]c5c(cc4)c4ccc(-c6ccccc6)cc4n5-c4cc(C(C)(C)C)ccn4)ccc3)c3cc4oc5ccccc5c4cc32)c([2H])c1[2H].[Pt]. The molecule has 0 atom stereocenters. The van der Waals surface area contributed by atoms with Crippen LogP contribution in [-0.4, -0.2) is 14.1 Å². The summed E-state index contributed by atoms with van der Waals surface area (Å²) in [6, 6.07) is 47.8. The van der Waals surface area contributed by atoms with Crippen molar-refractivity contribution in [3.8, 4) is 62.1 Å². The molecule has 0 unspecified atom stereocenters. The Balaban J connectivity index is 0.00000651. The van der Waals surface area contributed by atoms with Crippen LogP contribution in [0, 0.1) is 18.5 Å². The second-order valence-electron chi connectivity index (χ2n) is 18.1. The fourth-order valence-corrected chi connectivity index (χ4v) is 9.41. The van der Waals surface area contributed by atoms with Crippen molar-refractivity contribution in [1.29, 1.82) is 0 Å². The molecule has 0 radical (unpaired) electrons. The minimum Gasteiger partial charge on any atom is -0.510 e. The molecule has 0 aliphatic rings. The van der Waals surface area contributed by atoms with Gasteiger partial charge in [-0.1, -0.05) is 166 Å². The number of hydrogen-bond acceptors (Lipinski definition) is 3. The molecule has 7 heteroatoms. The number of nitrogens with zero attached hydrogens (tertiary/aromatic N) is 4. The summed E-state index contributed by atoms with van der Waals surface area (Å²) in [5.41, 5.74) is 7.44. The van der Waals surface area contributed by atoms with Crippen molar-refractivity contribution in [2.45, 2.75) is 26.2 Å². The Labute approximate surface area is 440 Å². The van der Waals surface area contributed by atoms with Crippen LogP contribution >= 0.6 is 0 Å². The zero-order valence-electron chi connectivity index (χ0n) is 48.4. The van der Waals surface area contributed by atoms with E-state index in [0.29, 0.717) is 39.4 Å². The van der Waals surface area contributed by atoms with Crippen LogP contribution in [0.15, 0.2) is 217 Å². The van der Waals surface area contributed by atoms with Gasteiger partial charge in [0.25, 0.3) is 6.33 Å². The first kappa shape index (κ1) is 34.1. The molecule has 0 fully saturated rings. The van der Waals surface area contributed by atoms with Crippen molar-refractivity contribution >= 4 is 54.8 Å². The van der Waals surface area contributed by atoms with E-state index in [1.165, 1.54) is 0 Å². The third-order valence-corrected chi connectivity index (χ3v) is 12.8. The minimum absolute atomic E-state index is 0. The molecule has 13 rings (SSSR count). The van der Waals surface area contributed by atoms with Gasteiger partial charge in [-0.25, -0.2) is 4.98 Å². The maximum absolute atomic E-state index is 9.19. The second-order valence-corrected chi connectivity index (χ2v) is 18.1. The molecule has 0 N–H and O–H groups in total. The van der Waals surface area contributed by atoms with Crippen molar-refractivity contribution < 1.29 is 48.5 Å². The predicted octanol–water partition coefficient (Wildman–Crippen LogP) is 15.8. The van der Waals surface area contributed by atoms with Crippen LogP contribution in [-0.2, 0) is 26.5 Å². The molecule has 0 saturated heterocycles. The van der Waals surface area contributed by atoms with Crippen LogP contribution in [0.4, 0.5) is 0 Å². The quantitative estimate of drug-likeness (QED) is 0.113. The van der Waals surface area contributed by atoms with Gasteiger partial charge in [-0.05, 0) is 91.8 Å². The Morgan fingerprint density at radius 1 is 0.577 bits per heavy atom. The Morgan fingerprint density at radius 3 is 2.04 bits per heavy atom. The maximum Gasteiger partial charge on any atom is 0.268 e. The minimum atomic E-state index is -0.588. The molecule has 0 saturated carbocycles.